The Labute approximate surface area is 150 Å². The first kappa shape index (κ1) is 17.2. The van der Waals surface area contributed by atoms with Gasteiger partial charge < -0.3 is 9.47 Å². The van der Waals surface area contributed by atoms with Crippen LogP contribution in [0.3, 0.4) is 0 Å². The summed E-state index contributed by atoms with van der Waals surface area (Å²) < 4.78 is 12.1. The molecule has 3 rings (SSSR count). The number of fused-ring (bicyclic) bond motifs is 1. The Balaban J connectivity index is 1.60. The summed E-state index contributed by atoms with van der Waals surface area (Å²) in [6, 6.07) is 13.3. The number of hydrogen-bond acceptors (Lipinski definition) is 5. The Hall–Kier alpha value is -2.60. The molecule has 1 N–H and O–H groups in total. The molecule has 2 aromatic carbocycles. The van der Waals surface area contributed by atoms with Gasteiger partial charge in [0.25, 0.3) is 5.91 Å². The number of ether oxygens (including phenoxy) is 2. The lowest BCUT2D eigenvalue weighted by Crippen LogP contribution is -2.20. The molecule has 0 atom stereocenters. The topological polar surface area (TPSA) is 60.5 Å². The molecule has 0 radical (unpaired) electrons. The van der Waals surface area contributed by atoms with Crippen LogP contribution in [-0.2, 0) is 4.79 Å². The van der Waals surface area contributed by atoms with Crippen molar-refractivity contribution in [3.8, 4) is 11.5 Å². The van der Waals surface area contributed by atoms with Crippen molar-refractivity contribution in [3.63, 3.8) is 0 Å². The number of hydrogen-bond donors (Lipinski definition) is 1. The molecule has 3 aromatic rings. The lowest BCUT2D eigenvalue weighted by molar-refractivity contribution is -0.118. The second-order valence-electron chi connectivity index (χ2n) is 5.65. The number of carbonyl (C=O) groups excluding carboxylic acids is 1. The number of carbonyl (C=O) groups is 1. The quantitative estimate of drug-likeness (QED) is 0.681. The van der Waals surface area contributed by atoms with E-state index in [0.29, 0.717) is 17.5 Å². The van der Waals surface area contributed by atoms with E-state index < -0.39 is 0 Å². The summed E-state index contributed by atoms with van der Waals surface area (Å²) in [7, 11) is 0. The van der Waals surface area contributed by atoms with Crippen molar-refractivity contribution < 1.29 is 14.3 Å². The molecule has 25 heavy (non-hydrogen) atoms. The normalized spacial score (nSPS) is 10.6. The second-order valence-corrected chi connectivity index (χ2v) is 6.68. The molecule has 0 unspecified atom stereocenters. The molecule has 0 aliphatic heterocycles. The van der Waals surface area contributed by atoms with Crippen LogP contribution in [0.4, 0.5) is 5.13 Å². The van der Waals surface area contributed by atoms with Crippen LogP contribution < -0.4 is 14.8 Å². The van der Waals surface area contributed by atoms with Crippen molar-refractivity contribution in [3.05, 3.63) is 48.0 Å². The average Bonchev–Trinajstić information content (AvgIpc) is 2.99. The highest BCUT2D eigenvalue weighted by Gasteiger charge is 2.09. The molecule has 6 heteroatoms. The molecule has 0 aliphatic carbocycles. The maximum atomic E-state index is 12.1. The Morgan fingerprint density at radius 2 is 2.00 bits per heavy atom. The smallest absolute Gasteiger partial charge is 0.264 e. The highest BCUT2D eigenvalue weighted by molar-refractivity contribution is 7.22. The monoisotopic (exact) mass is 356 g/mol. The van der Waals surface area contributed by atoms with E-state index in [-0.39, 0.29) is 12.5 Å². The molecule has 0 fully saturated rings. The predicted molar refractivity (Wildman–Crippen MR) is 101 cm³/mol. The number of rotatable bonds is 7. The zero-order valence-corrected chi connectivity index (χ0v) is 15.1. The first-order chi connectivity index (χ1) is 12.1. The van der Waals surface area contributed by atoms with Crippen LogP contribution in [0.5, 0.6) is 11.5 Å². The SMILES string of the molecule is CCCOc1ccc2nc(NC(=O)COc3cccc(C)c3)sc2c1. The molecule has 1 amide bonds. The summed E-state index contributed by atoms with van der Waals surface area (Å²) >= 11 is 1.42. The molecule has 5 nitrogen and oxygen atoms in total. The zero-order chi connectivity index (χ0) is 17.6. The van der Waals surface area contributed by atoms with E-state index in [4.69, 9.17) is 9.47 Å². The molecule has 0 saturated carbocycles. The molecule has 0 bridgehead atoms. The molecule has 0 aliphatic rings. The number of thiazole rings is 1. The number of benzene rings is 2. The van der Waals surface area contributed by atoms with Crippen LogP contribution in [0.25, 0.3) is 10.2 Å². The second kappa shape index (κ2) is 7.98. The third-order valence-corrected chi connectivity index (χ3v) is 4.37. The van der Waals surface area contributed by atoms with Crippen molar-refractivity contribution in [2.75, 3.05) is 18.5 Å². The van der Waals surface area contributed by atoms with Gasteiger partial charge in [-0.15, -0.1) is 0 Å². The minimum atomic E-state index is -0.233. The van der Waals surface area contributed by atoms with Gasteiger partial charge in [-0.3, -0.25) is 10.1 Å². The Kier molecular flexibility index (Phi) is 5.50. The van der Waals surface area contributed by atoms with Gasteiger partial charge in [-0.2, -0.15) is 0 Å². The van der Waals surface area contributed by atoms with Gasteiger partial charge in [0.15, 0.2) is 11.7 Å². The lowest BCUT2D eigenvalue weighted by atomic mass is 10.2. The van der Waals surface area contributed by atoms with Crippen LogP contribution in [0.2, 0.25) is 0 Å². The fourth-order valence-electron chi connectivity index (χ4n) is 2.28. The van der Waals surface area contributed by atoms with E-state index in [2.05, 4.69) is 17.2 Å². The Morgan fingerprint density at radius 3 is 2.80 bits per heavy atom. The number of aryl methyl sites for hydroxylation is 1. The largest absolute Gasteiger partial charge is 0.494 e. The first-order valence-electron chi connectivity index (χ1n) is 8.17. The molecule has 130 valence electrons. The minimum Gasteiger partial charge on any atom is -0.494 e. The fourth-order valence-corrected chi connectivity index (χ4v) is 3.19. The summed E-state index contributed by atoms with van der Waals surface area (Å²) in [4.78, 5) is 16.5. The van der Waals surface area contributed by atoms with E-state index in [1.54, 1.807) is 0 Å². The van der Waals surface area contributed by atoms with Gasteiger partial charge in [-0.25, -0.2) is 4.98 Å². The third kappa shape index (κ3) is 4.70. The van der Waals surface area contributed by atoms with Crippen molar-refractivity contribution in [2.24, 2.45) is 0 Å². The van der Waals surface area contributed by atoms with Gasteiger partial charge in [-0.05, 0) is 49.2 Å². The van der Waals surface area contributed by atoms with Gasteiger partial charge in [0.2, 0.25) is 0 Å². The van der Waals surface area contributed by atoms with E-state index in [1.165, 1.54) is 11.3 Å². The fraction of sp³-hybridized carbons (Fsp3) is 0.263. The minimum absolute atomic E-state index is 0.0513. The molecule has 0 spiro atoms. The predicted octanol–water partition coefficient (Wildman–Crippen LogP) is 4.41. The van der Waals surface area contributed by atoms with Gasteiger partial charge in [-0.1, -0.05) is 30.4 Å². The number of anilines is 1. The summed E-state index contributed by atoms with van der Waals surface area (Å²) in [5, 5.41) is 3.34. The number of amides is 1. The van der Waals surface area contributed by atoms with Crippen molar-refractivity contribution >= 4 is 32.6 Å². The van der Waals surface area contributed by atoms with Gasteiger partial charge >= 0.3 is 0 Å². The van der Waals surface area contributed by atoms with Crippen LogP contribution in [0.15, 0.2) is 42.5 Å². The van der Waals surface area contributed by atoms with Crippen LogP contribution in [-0.4, -0.2) is 24.1 Å². The molecule has 1 heterocycles. The first-order valence-corrected chi connectivity index (χ1v) is 8.98. The average molecular weight is 356 g/mol. The summed E-state index contributed by atoms with van der Waals surface area (Å²) in [5.41, 5.74) is 1.92. The summed E-state index contributed by atoms with van der Waals surface area (Å²) in [6.07, 6.45) is 0.961. The summed E-state index contributed by atoms with van der Waals surface area (Å²) in [5.74, 6) is 1.26. The van der Waals surface area contributed by atoms with Crippen LogP contribution in [0.1, 0.15) is 18.9 Å². The third-order valence-electron chi connectivity index (χ3n) is 3.44. The van der Waals surface area contributed by atoms with Gasteiger partial charge in [0.1, 0.15) is 11.5 Å². The van der Waals surface area contributed by atoms with Crippen molar-refractivity contribution in [2.45, 2.75) is 20.3 Å². The number of nitrogens with zero attached hydrogens (tertiary/aromatic N) is 1. The molecular weight excluding hydrogens is 336 g/mol. The van der Waals surface area contributed by atoms with E-state index >= 15 is 0 Å². The van der Waals surface area contributed by atoms with E-state index in [1.807, 2.05) is 49.4 Å². The highest BCUT2D eigenvalue weighted by Crippen LogP contribution is 2.29. The van der Waals surface area contributed by atoms with Crippen molar-refractivity contribution in [1.82, 2.24) is 4.98 Å². The van der Waals surface area contributed by atoms with Crippen LogP contribution >= 0.6 is 11.3 Å². The standard InChI is InChI=1S/C19H20N2O3S/c1-3-9-23-15-7-8-16-17(11-15)25-19(20-16)21-18(22)12-24-14-6-4-5-13(2)10-14/h4-8,10-11H,3,9,12H2,1-2H3,(H,20,21,22). The zero-order valence-electron chi connectivity index (χ0n) is 14.2. The van der Waals surface area contributed by atoms with E-state index in [0.717, 1.165) is 28.0 Å². The Bertz CT molecular complexity index is 876. The van der Waals surface area contributed by atoms with Gasteiger partial charge in [0, 0.05) is 0 Å². The van der Waals surface area contributed by atoms with E-state index in [9.17, 15) is 4.79 Å². The molecule has 0 saturated heterocycles. The number of nitrogens with one attached hydrogen (secondary N) is 1. The van der Waals surface area contributed by atoms with Gasteiger partial charge in [0.05, 0.1) is 16.8 Å². The maximum Gasteiger partial charge on any atom is 0.264 e. The van der Waals surface area contributed by atoms with Crippen LogP contribution in [0, 0.1) is 6.92 Å². The summed E-state index contributed by atoms with van der Waals surface area (Å²) in [6.45, 7) is 4.68. The molecular formula is C19H20N2O3S. The highest BCUT2D eigenvalue weighted by atomic mass is 32.1. The van der Waals surface area contributed by atoms with Crippen molar-refractivity contribution in [1.29, 1.82) is 0 Å². The molecule has 1 aromatic heterocycles. The number of aromatic nitrogens is 1. The maximum absolute atomic E-state index is 12.1. The lowest BCUT2D eigenvalue weighted by Gasteiger charge is -2.06. The Morgan fingerprint density at radius 1 is 1.16 bits per heavy atom.